The van der Waals surface area contributed by atoms with Gasteiger partial charge in [-0.2, -0.15) is 11.8 Å². The van der Waals surface area contributed by atoms with Gasteiger partial charge in [0.1, 0.15) is 0 Å². The Labute approximate surface area is 174 Å². The van der Waals surface area contributed by atoms with Gasteiger partial charge in [-0.1, -0.05) is 18.2 Å². The van der Waals surface area contributed by atoms with Gasteiger partial charge in [0, 0.05) is 37.6 Å². The summed E-state index contributed by atoms with van der Waals surface area (Å²) in [6.07, 6.45) is 5.00. The molecule has 1 fully saturated rings. The topological polar surface area (TPSA) is 39.7 Å². The largest absolute Gasteiger partial charge is 0.375 e. The van der Waals surface area contributed by atoms with E-state index in [2.05, 4.69) is 71.6 Å². The van der Waals surface area contributed by atoms with E-state index in [1.54, 1.807) is 0 Å². The molecule has 0 radical (unpaired) electrons. The van der Waals surface area contributed by atoms with E-state index >= 15 is 0 Å². The molecular formula is C19H33IN4S. The summed E-state index contributed by atoms with van der Waals surface area (Å²) in [7, 11) is 2.16. The predicted octanol–water partition coefficient (Wildman–Crippen LogP) is 3.97. The molecule has 1 aliphatic heterocycles. The van der Waals surface area contributed by atoms with Crippen molar-refractivity contribution in [2.24, 2.45) is 4.99 Å². The molecule has 2 rings (SSSR count). The number of unbranched alkanes of at least 4 members (excludes halogenated alkanes) is 1. The normalized spacial score (nSPS) is 17.0. The highest BCUT2D eigenvalue weighted by Gasteiger charge is 2.14. The molecule has 1 unspecified atom stereocenters. The van der Waals surface area contributed by atoms with Crippen LogP contribution in [0, 0.1) is 0 Å². The number of nitrogens with zero attached hydrogens (tertiary/aromatic N) is 2. The first-order valence-corrected chi connectivity index (χ1v) is 10.2. The average molecular weight is 476 g/mol. The van der Waals surface area contributed by atoms with Crippen molar-refractivity contribution >= 4 is 47.4 Å². The Morgan fingerprint density at radius 3 is 2.72 bits per heavy atom. The fourth-order valence-corrected chi connectivity index (χ4v) is 4.00. The van der Waals surface area contributed by atoms with Gasteiger partial charge in [-0.15, -0.1) is 24.0 Å². The third-order valence-corrected chi connectivity index (χ3v) is 5.61. The second kappa shape index (κ2) is 13.6. The number of para-hydroxylation sites is 1. The molecule has 0 bridgehead atoms. The van der Waals surface area contributed by atoms with Gasteiger partial charge >= 0.3 is 0 Å². The number of nitrogens with one attached hydrogen (secondary N) is 2. The van der Waals surface area contributed by atoms with Crippen LogP contribution in [0.2, 0.25) is 0 Å². The summed E-state index contributed by atoms with van der Waals surface area (Å²) in [6, 6.07) is 10.6. The number of hydrogen-bond donors (Lipinski definition) is 2. The van der Waals surface area contributed by atoms with E-state index in [1.165, 1.54) is 30.7 Å². The van der Waals surface area contributed by atoms with Crippen LogP contribution in [-0.2, 0) is 0 Å². The number of thioether (sulfide) groups is 1. The molecule has 0 aromatic heterocycles. The smallest absolute Gasteiger partial charge is 0.191 e. The van der Waals surface area contributed by atoms with Crippen molar-refractivity contribution in [2.45, 2.75) is 37.9 Å². The van der Waals surface area contributed by atoms with E-state index in [1.807, 2.05) is 0 Å². The fourth-order valence-electron chi connectivity index (χ4n) is 2.82. The third kappa shape index (κ3) is 9.03. The van der Waals surface area contributed by atoms with E-state index in [0.29, 0.717) is 0 Å². The molecule has 1 aromatic carbocycles. The van der Waals surface area contributed by atoms with E-state index < -0.39 is 0 Å². The van der Waals surface area contributed by atoms with Crippen molar-refractivity contribution in [3.05, 3.63) is 30.3 Å². The molecule has 1 aliphatic rings. The first-order valence-electron chi connectivity index (χ1n) is 9.19. The molecule has 4 nitrogen and oxygen atoms in total. The highest BCUT2D eigenvalue weighted by Crippen LogP contribution is 2.25. The zero-order chi connectivity index (χ0) is 17.0. The molecule has 6 heteroatoms. The molecule has 1 aromatic rings. The molecule has 0 saturated carbocycles. The van der Waals surface area contributed by atoms with Gasteiger partial charge < -0.3 is 15.5 Å². The first kappa shape index (κ1) is 22.4. The summed E-state index contributed by atoms with van der Waals surface area (Å²) in [5.41, 5.74) is 1.29. The zero-order valence-corrected chi connectivity index (χ0v) is 18.7. The number of guanidine groups is 1. The summed E-state index contributed by atoms with van der Waals surface area (Å²) in [5.74, 6) is 2.28. The van der Waals surface area contributed by atoms with E-state index in [-0.39, 0.29) is 24.0 Å². The molecule has 2 N–H and O–H groups in total. The Morgan fingerprint density at radius 1 is 1.24 bits per heavy atom. The lowest BCUT2D eigenvalue weighted by atomic mass is 10.2. The number of hydrogen-bond acceptors (Lipinski definition) is 3. The van der Waals surface area contributed by atoms with E-state index in [4.69, 9.17) is 4.99 Å². The Kier molecular flexibility index (Phi) is 12.2. The lowest BCUT2D eigenvalue weighted by Crippen LogP contribution is -2.38. The lowest BCUT2D eigenvalue weighted by molar-refractivity contribution is 0.685. The van der Waals surface area contributed by atoms with Crippen LogP contribution < -0.4 is 15.5 Å². The van der Waals surface area contributed by atoms with Crippen molar-refractivity contribution in [2.75, 3.05) is 43.9 Å². The van der Waals surface area contributed by atoms with Gasteiger partial charge in [0.2, 0.25) is 0 Å². The number of rotatable bonds is 9. The summed E-state index contributed by atoms with van der Waals surface area (Å²) >= 11 is 2.07. The van der Waals surface area contributed by atoms with Crippen LogP contribution >= 0.6 is 35.7 Å². The molecule has 0 spiro atoms. The maximum atomic E-state index is 4.74. The van der Waals surface area contributed by atoms with Crippen LogP contribution in [0.4, 0.5) is 5.69 Å². The van der Waals surface area contributed by atoms with Gasteiger partial charge in [-0.3, -0.25) is 4.99 Å². The van der Waals surface area contributed by atoms with Gasteiger partial charge in [-0.25, -0.2) is 0 Å². The number of aliphatic imine (C=N–C) groups is 1. The Balaban J connectivity index is 0.00000312. The van der Waals surface area contributed by atoms with Gasteiger partial charge in [0.15, 0.2) is 5.96 Å². The fraction of sp³-hybridized carbons (Fsp3) is 0.632. The van der Waals surface area contributed by atoms with Crippen LogP contribution in [0.15, 0.2) is 35.3 Å². The molecule has 1 heterocycles. The van der Waals surface area contributed by atoms with Gasteiger partial charge in [-0.05, 0) is 50.5 Å². The maximum Gasteiger partial charge on any atom is 0.191 e. The predicted molar refractivity (Wildman–Crippen MR) is 124 cm³/mol. The Bertz CT molecular complexity index is 478. The van der Waals surface area contributed by atoms with E-state index in [9.17, 15) is 0 Å². The summed E-state index contributed by atoms with van der Waals surface area (Å²) in [6.45, 7) is 6.04. The first-order chi connectivity index (χ1) is 11.8. The molecule has 25 heavy (non-hydrogen) atoms. The maximum absolute atomic E-state index is 4.74. The van der Waals surface area contributed by atoms with Gasteiger partial charge in [0.05, 0.1) is 6.54 Å². The highest BCUT2D eigenvalue weighted by atomic mass is 127. The highest BCUT2D eigenvalue weighted by molar-refractivity contribution is 14.0. The zero-order valence-electron chi connectivity index (χ0n) is 15.5. The monoisotopic (exact) mass is 476 g/mol. The number of benzene rings is 1. The second-order valence-corrected chi connectivity index (χ2v) is 7.65. The molecule has 0 amide bonds. The molecule has 1 atom stereocenters. The minimum atomic E-state index is 0. The molecule has 142 valence electrons. The second-order valence-electron chi connectivity index (χ2n) is 6.25. The van der Waals surface area contributed by atoms with E-state index in [0.717, 1.165) is 43.8 Å². The van der Waals surface area contributed by atoms with Crippen LogP contribution in [-0.4, -0.2) is 50.2 Å². The minimum Gasteiger partial charge on any atom is -0.375 e. The number of halogens is 1. The SMILES string of the molecule is CCNC(=NCC1CCCS1)NCCCCN(C)c1ccccc1.I. The van der Waals surface area contributed by atoms with Crippen LogP contribution in [0.3, 0.4) is 0 Å². The third-order valence-electron chi connectivity index (χ3n) is 4.23. The molecule has 0 aliphatic carbocycles. The van der Waals surface area contributed by atoms with Crippen molar-refractivity contribution in [3.63, 3.8) is 0 Å². The standard InChI is InChI=1S/C19H32N4S.HI/c1-3-20-19(22-16-18-12-9-15-24-18)21-13-7-8-14-23(2)17-10-5-4-6-11-17;/h4-6,10-11,18H,3,7-9,12-16H2,1-2H3,(H2,20,21,22);1H. The van der Waals surface area contributed by atoms with Crippen molar-refractivity contribution in [1.29, 1.82) is 0 Å². The quantitative estimate of drug-likeness (QED) is 0.245. The summed E-state index contributed by atoms with van der Waals surface area (Å²) in [5, 5.41) is 7.54. The van der Waals surface area contributed by atoms with Crippen LogP contribution in [0.5, 0.6) is 0 Å². The molecular weight excluding hydrogens is 443 g/mol. The van der Waals surface area contributed by atoms with Crippen molar-refractivity contribution in [1.82, 2.24) is 10.6 Å². The summed E-state index contributed by atoms with van der Waals surface area (Å²) < 4.78 is 0. The Hall–Kier alpha value is -0.630. The lowest BCUT2D eigenvalue weighted by Gasteiger charge is -2.19. The molecule has 1 saturated heterocycles. The Morgan fingerprint density at radius 2 is 2.04 bits per heavy atom. The van der Waals surface area contributed by atoms with Crippen molar-refractivity contribution in [3.8, 4) is 0 Å². The van der Waals surface area contributed by atoms with Gasteiger partial charge in [0.25, 0.3) is 0 Å². The van der Waals surface area contributed by atoms with Crippen LogP contribution in [0.1, 0.15) is 32.6 Å². The minimum absolute atomic E-state index is 0. The van der Waals surface area contributed by atoms with Crippen LogP contribution in [0.25, 0.3) is 0 Å². The summed E-state index contributed by atoms with van der Waals surface area (Å²) in [4.78, 5) is 7.06. The average Bonchev–Trinajstić information content (AvgIpc) is 3.13. The van der Waals surface area contributed by atoms with Crippen molar-refractivity contribution < 1.29 is 0 Å². The number of anilines is 1.